The van der Waals surface area contributed by atoms with E-state index >= 15 is 0 Å². The van der Waals surface area contributed by atoms with Gasteiger partial charge < -0.3 is 0 Å². The van der Waals surface area contributed by atoms with Gasteiger partial charge in [0.2, 0.25) is 5.01 Å². The van der Waals surface area contributed by atoms with Gasteiger partial charge in [-0.15, -0.1) is 4.68 Å². The standard InChI is InChI=1S/C7H14N3S/c1-4-6-10(8)7(5(2)3)9-11-6/h5H,4,8H2,1-3H3/q+1. The zero-order chi connectivity index (χ0) is 8.43. The van der Waals surface area contributed by atoms with E-state index in [1.807, 2.05) is 0 Å². The van der Waals surface area contributed by atoms with Crippen LogP contribution in [0.25, 0.3) is 0 Å². The van der Waals surface area contributed by atoms with Crippen molar-refractivity contribution >= 4 is 11.5 Å². The number of rotatable bonds is 2. The summed E-state index contributed by atoms with van der Waals surface area (Å²) in [4.78, 5) is 0. The van der Waals surface area contributed by atoms with Crippen LogP contribution in [0.2, 0.25) is 0 Å². The van der Waals surface area contributed by atoms with E-state index in [2.05, 4.69) is 25.1 Å². The second-order valence-electron chi connectivity index (χ2n) is 2.81. The summed E-state index contributed by atoms with van der Waals surface area (Å²) in [5.74, 6) is 7.17. The molecule has 0 amide bonds. The summed E-state index contributed by atoms with van der Waals surface area (Å²) >= 11 is 1.49. The molecule has 62 valence electrons. The van der Waals surface area contributed by atoms with E-state index in [0.717, 1.165) is 17.3 Å². The molecule has 1 rings (SSSR count). The summed E-state index contributed by atoms with van der Waals surface area (Å²) in [6.45, 7) is 6.27. The van der Waals surface area contributed by atoms with Crippen LogP contribution in [0, 0.1) is 0 Å². The van der Waals surface area contributed by atoms with E-state index in [1.54, 1.807) is 4.68 Å². The molecular formula is C7H14N3S+. The fraction of sp³-hybridized carbons (Fsp3) is 0.714. The SMILES string of the molecule is CCc1snc(C(C)C)[n+]1N. The van der Waals surface area contributed by atoms with Gasteiger partial charge in [-0.25, -0.2) is 0 Å². The molecule has 1 aromatic rings. The zero-order valence-corrected chi connectivity index (χ0v) is 7.98. The normalized spacial score (nSPS) is 10.9. The number of aromatic nitrogens is 2. The first-order valence-electron chi connectivity index (χ1n) is 3.82. The Bertz CT molecular complexity index is 242. The van der Waals surface area contributed by atoms with Crippen molar-refractivity contribution in [1.82, 2.24) is 4.37 Å². The molecule has 0 radical (unpaired) electrons. The molecule has 0 unspecified atom stereocenters. The van der Waals surface area contributed by atoms with E-state index in [0.29, 0.717) is 5.92 Å². The van der Waals surface area contributed by atoms with Gasteiger partial charge in [-0.2, -0.15) is 0 Å². The van der Waals surface area contributed by atoms with Crippen LogP contribution in [0.1, 0.15) is 37.5 Å². The van der Waals surface area contributed by atoms with E-state index in [1.165, 1.54) is 11.5 Å². The molecule has 1 aromatic heterocycles. The quantitative estimate of drug-likeness (QED) is 0.530. The van der Waals surface area contributed by atoms with Crippen molar-refractivity contribution in [3.63, 3.8) is 0 Å². The van der Waals surface area contributed by atoms with Gasteiger partial charge in [-0.05, 0) is 0 Å². The Morgan fingerprint density at radius 2 is 2.27 bits per heavy atom. The molecule has 2 N–H and O–H groups in total. The minimum absolute atomic E-state index is 0.413. The second kappa shape index (κ2) is 3.17. The highest BCUT2D eigenvalue weighted by molar-refractivity contribution is 7.05. The van der Waals surface area contributed by atoms with Gasteiger partial charge in [0.15, 0.2) is 0 Å². The number of nitrogens with two attached hydrogens (primary N) is 1. The largest absolute Gasteiger partial charge is 0.339 e. The lowest BCUT2D eigenvalue weighted by Gasteiger charge is -1.94. The fourth-order valence-corrected chi connectivity index (χ4v) is 1.74. The van der Waals surface area contributed by atoms with Crippen molar-refractivity contribution in [1.29, 1.82) is 0 Å². The van der Waals surface area contributed by atoms with Gasteiger partial charge in [0.05, 0.1) is 5.92 Å². The summed E-state index contributed by atoms with van der Waals surface area (Å²) in [5.41, 5.74) is 0. The molecule has 0 aliphatic heterocycles. The molecule has 1 heterocycles. The van der Waals surface area contributed by atoms with E-state index in [-0.39, 0.29) is 0 Å². The number of nitrogens with zero attached hydrogens (tertiary/aromatic N) is 2. The molecular weight excluding hydrogens is 158 g/mol. The predicted octanol–water partition coefficient (Wildman–Crippen LogP) is 0.830. The monoisotopic (exact) mass is 172 g/mol. The molecule has 0 atom stereocenters. The third-order valence-corrected chi connectivity index (χ3v) is 2.55. The molecule has 0 saturated carbocycles. The lowest BCUT2D eigenvalue weighted by atomic mass is 10.2. The molecule has 0 spiro atoms. The average molecular weight is 172 g/mol. The van der Waals surface area contributed by atoms with Gasteiger partial charge >= 0.3 is 5.82 Å². The smallest absolute Gasteiger partial charge is 0.268 e. The summed E-state index contributed by atoms with van der Waals surface area (Å²) in [5, 5.41) is 1.13. The number of nitrogen functional groups attached to an aromatic ring is 1. The van der Waals surface area contributed by atoms with Crippen LogP contribution in [0.4, 0.5) is 0 Å². The molecule has 0 aliphatic carbocycles. The number of hydrogen-bond acceptors (Lipinski definition) is 3. The molecule has 11 heavy (non-hydrogen) atoms. The minimum atomic E-state index is 0.413. The Hall–Kier alpha value is -0.640. The van der Waals surface area contributed by atoms with E-state index < -0.39 is 0 Å². The molecule has 0 aliphatic rings. The van der Waals surface area contributed by atoms with Crippen LogP contribution in [0.5, 0.6) is 0 Å². The first-order chi connectivity index (χ1) is 5.16. The maximum absolute atomic E-state index is 5.78. The van der Waals surface area contributed by atoms with Crippen molar-refractivity contribution in [2.45, 2.75) is 33.1 Å². The Balaban J connectivity index is 3.00. The van der Waals surface area contributed by atoms with Crippen molar-refractivity contribution in [2.24, 2.45) is 0 Å². The Morgan fingerprint density at radius 1 is 1.64 bits per heavy atom. The Kier molecular flexibility index (Phi) is 2.44. The third kappa shape index (κ3) is 1.50. The van der Waals surface area contributed by atoms with Crippen molar-refractivity contribution < 1.29 is 4.68 Å². The number of hydrogen-bond donors (Lipinski definition) is 1. The molecule has 3 nitrogen and oxygen atoms in total. The molecule has 0 bridgehead atoms. The van der Waals surface area contributed by atoms with Crippen LogP contribution in [-0.2, 0) is 6.42 Å². The third-order valence-electron chi connectivity index (χ3n) is 1.58. The van der Waals surface area contributed by atoms with Gasteiger partial charge in [-0.1, -0.05) is 20.8 Å². The van der Waals surface area contributed by atoms with Gasteiger partial charge in [-0.3, -0.25) is 5.84 Å². The summed E-state index contributed by atoms with van der Waals surface area (Å²) in [7, 11) is 0. The summed E-state index contributed by atoms with van der Waals surface area (Å²) < 4.78 is 5.97. The van der Waals surface area contributed by atoms with Gasteiger partial charge in [0.1, 0.15) is 11.5 Å². The Morgan fingerprint density at radius 3 is 2.55 bits per heavy atom. The van der Waals surface area contributed by atoms with Crippen molar-refractivity contribution in [3.05, 3.63) is 10.8 Å². The summed E-state index contributed by atoms with van der Waals surface area (Å²) in [6, 6.07) is 0. The lowest BCUT2D eigenvalue weighted by Crippen LogP contribution is -2.49. The first kappa shape index (κ1) is 8.46. The van der Waals surface area contributed by atoms with Gasteiger partial charge in [0.25, 0.3) is 0 Å². The minimum Gasteiger partial charge on any atom is -0.268 e. The van der Waals surface area contributed by atoms with Gasteiger partial charge in [0, 0.05) is 10.8 Å². The van der Waals surface area contributed by atoms with E-state index in [4.69, 9.17) is 5.84 Å². The molecule has 0 aromatic carbocycles. The molecule has 0 saturated heterocycles. The highest BCUT2D eigenvalue weighted by atomic mass is 32.1. The molecule has 4 heteroatoms. The maximum Gasteiger partial charge on any atom is 0.339 e. The topological polar surface area (TPSA) is 42.8 Å². The zero-order valence-electron chi connectivity index (χ0n) is 7.16. The maximum atomic E-state index is 5.78. The van der Waals surface area contributed by atoms with Crippen molar-refractivity contribution in [2.75, 3.05) is 5.84 Å². The number of aryl methyl sites for hydroxylation is 1. The van der Waals surface area contributed by atoms with Crippen LogP contribution in [0.15, 0.2) is 0 Å². The van der Waals surface area contributed by atoms with Crippen LogP contribution in [-0.4, -0.2) is 4.37 Å². The van der Waals surface area contributed by atoms with E-state index in [9.17, 15) is 0 Å². The van der Waals surface area contributed by atoms with Crippen LogP contribution < -0.4 is 10.5 Å². The van der Waals surface area contributed by atoms with Crippen LogP contribution in [0.3, 0.4) is 0 Å². The average Bonchev–Trinajstić information content (AvgIpc) is 2.30. The lowest BCUT2D eigenvalue weighted by molar-refractivity contribution is -0.652. The van der Waals surface area contributed by atoms with Crippen molar-refractivity contribution in [3.8, 4) is 0 Å². The summed E-state index contributed by atoms with van der Waals surface area (Å²) in [6.07, 6.45) is 0.959. The highest BCUT2D eigenvalue weighted by Crippen LogP contribution is 2.10. The predicted molar refractivity (Wildman–Crippen MR) is 45.9 cm³/mol. The fourth-order valence-electron chi connectivity index (χ4n) is 0.934. The first-order valence-corrected chi connectivity index (χ1v) is 4.59. The highest BCUT2D eigenvalue weighted by Gasteiger charge is 2.21. The molecule has 0 fully saturated rings. The van der Waals surface area contributed by atoms with Crippen LogP contribution >= 0.6 is 11.5 Å². The second-order valence-corrected chi connectivity index (χ2v) is 3.65. The Labute approximate surface area is 71.0 Å².